The minimum absolute atomic E-state index is 0.445. The quantitative estimate of drug-likeness (QED) is 0.513. The fraction of sp³-hybridized carbons (Fsp3) is 0.900. The van der Waals surface area contributed by atoms with Gasteiger partial charge in [0.25, 0.3) is 0 Å². The van der Waals surface area contributed by atoms with Crippen molar-refractivity contribution in [2.45, 2.75) is 45.7 Å². The van der Waals surface area contributed by atoms with Crippen molar-refractivity contribution in [2.75, 3.05) is 6.61 Å². The molecule has 2 nitrogen and oxygen atoms in total. The Kier molecular flexibility index (Phi) is 6.36. The minimum atomic E-state index is -4.43. The summed E-state index contributed by atoms with van der Waals surface area (Å²) in [5.74, 6) is -1.21. The normalized spacial score (nSPS) is 13.7. The number of halogens is 3. The molecule has 0 N–H and O–H groups in total. The van der Waals surface area contributed by atoms with Crippen LogP contribution in [-0.2, 0) is 9.53 Å². The highest BCUT2D eigenvalue weighted by atomic mass is 19.4. The third kappa shape index (κ3) is 8.27. The predicted octanol–water partition coefficient (Wildman–Crippen LogP) is 3.31. The average Bonchev–Trinajstić information content (AvgIpc) is 2.13. The molecule has 1 atom stereocenters. The van der Waals surface area contributed by atoms with Gasteiger partial charge < -0.3 is 4.74 Å². The van der Waals surface area contributed by atoms with E-state index >= 15 is 0 Å². The van der Waals surface area contributed by atoms with E-state index in [0.717, 1.165) is 19.3 Å². The lowest BCUT2D eigenvalue weighted by Crippen LogP contribution is -2.23. The van der Waals surface area contributed by atoms with Crippen molar-refractivity contribution in [3.05, 3.63) is 0 Å². The van der Waals surface area contributed by atoms with Crippen LogP contribution >= 0.6 is 0 Å². The molecule has 0 bridgehead atoms. The maximum Gasteiger partial charge on any atom is 0.422 e. The smallest absolute Gasteiger partial charge is 0.422 e. The summed E-state index contributed by atoms with van der Waals surface area (Å²) in [4.78, 5) is 11.1. The summed E-state index contributed by atoms with van der Waals surface area (Å²) in [7, 11) is 0. The van der Waals surface area contributed by atoms with Crippen molar-refractivity contribution in [1.82, 2.24) is 0 Å². The standard InChI is InChI=1S/C10H17F3O2/c1-3-4-5-6-8(2)9(14)15-7-10(11,12)13/h8H,3-7H2,1-2H3. The Morgan fingerprint density at radius 3 is 2.40 bits per heavy atom. The lowest BCUT2D eigenvalue weighted by Gasteiger charge is -2.12. The maximum absolute atomic E-state index is 11.7. The summed E-state index contributed by atoms with van der Waals surface area (Å²) < 4.78 is 39.3. The number of hydrogen-bond acceptors (Lipinski definition) is 2. The third-order valence-electron chi connectivity index (χ3n) is 2.02. The average molecular weight is 226 g/mol. The topological polar surface area (TPSA) is 26.3 Å². The fourth-order valence-electron chi connectivity index (χ4n) is 1.11. The molecule has 0 aliphatic rings. The molecule has 15 heavy (non-hydrogen) atoms. The van der Waals surface area contributed by atoms with E-state index in [9.17, 15) is 18.0 Å². The molecule has 0 radical (unpaired) electrons. The maximum atomic E-state index is 11.7. The zero-order chi connectivity index (χ0) is 11.9. The van der Waals surface area contributed by atoms with Crippen molar-refractivity contribution in [3.8, 4) is 0 Å². The van der Waals surface area contributed by atoms with Gasteiger partial charge in [-0.05, 0) is 6.42 Å². The van der Waals surface area contributed by atoms with Crippen LogP contribution in [0, 0.1) is 5.92 Å². The number of carbonyl (C=O) groups excluding carboxylic acids is 1. The van der Waals surface area contributed by atoms with Gasteiger partial charge in [-0.3, -0.25) is 4.79 Å². The first-order valence-corrected chi connectivity index (χ1v) is 5.10. The first kappa shape index (κ1) is 14.3. The first-order valence-electron chi connectivity index (χ1n) is 5.10. The van der Waals surface area contributed by atoms with Crippen LogP contribution < -0.4 is 0 Å². The summed E-state index contributed by atoms with van der Waals surface area (Å²) in [5.41, 5.74) is 0. The van der Waals surface area contributed by atoms with E-state index in [4.69, 9.17) is 0 Å². The minimum Gasteiger partial charge on any atom is -0.456 e. The Bertz CT molecular complexity index is 190. The number of esters is 1. The summed E-state index contributed by atoms with van der Waals surface area (Å²) in [6, 6.07) is 0. The third-order valence-corrected chi connectivity index (χ3v) is 2.02. The van der Waals surface area contributed by atoms with Gasteiger partial charge in [0.1, 0.15) is 0 Å². The Morgan fingerprint density at radius 1 is 1.33 bits per heavy atom. The number of unbranched alkanes of at least 4 members (excludes halogenated alkanes) is 2. The molecule has 0 aliphatic carbocycles. The van der Waals surface area contributed by atoms with Gasteiger partial charge in [-0.25, -0.2) is 0 Å². The number of alkyl halides is 3. The van der Waals surface area contributed by atoms with Crippen molar-refractivity contribution < 1.29 is 22.7 Å². The van der Waals surface area contributed by atoms with Crippen LogP contribution in [-0.4, -0.2) is 18.8 Å². The van der Waals surface area contributed by atoms with Gasteiger partial charge in [-0.2, -0.15) is 13.2 Å². The van der Waals surface area contributed by atoms with Crippen LogP contribution in [0.4, 0.5) is 13.2 Å². The molecule has 90 valence electrons. The Labute approximate surface area is 87.8 Å². The molecule has 0 spiro atoms. The number of rotatable bonds is 6. The summed E-state index contributed by atoms with van der Waals surface area (Å²) >= 11 is 0. The largest absolute Gasteiger partial charge is 0.456 e. The molecule has 0 aromatic carbocycles. The molecule has 0 rings (SSSR count). The van der Waals surface area contributed by atoms with Crippen molar-refractivity contribution in [2.24, 2.45) is 5.92 Å². The zero-order valence-corrected chi connectivity index (χ0v) is 9.06. The van der Waals surface area contributed by atoms with Gasteiger partial charge in [-0.15, -0.1) is 0 Å². The van der Waals surface area contributed by atoms with Crippen LogP contribution in [0.1, 0.15) is 39.5 Å². The van der Waals surface area contributed by atoms with Crippen LogP contribution in [0.2, 0.25) is 0 Å². The molecule has 1 unspecified atom stereocenters. The number of ether oxygens (including phenoxy) is 1. The monoisotopic (exact) mass is 226 g/mol. The van der Waals surface area contributed by atoms with Gasteiger partial charge in [-0.1, -0.05) is 33.1 Å². The lowest BCUT2D eigenvalue weighted by molar-refractivity contribution is -0.189. The van der Waals surface area contributed by atoms with Gasteiger partial charge in [0.15, 0.2) is 6.61 Å². The van der Waals surface area contributed by atoms with E-state index in [-0.39, 0.29) is 0 Å². The van der Waals surface area contributed by atoms with E-state index in [2.05, 4.69) is 4.74 Å². The molecule has 0 saturated heterocycles. The van der Waals surface area contributed by atoms with Gasteiger partial charge in [0, 0.05) is 0 Å². The number of hydrogen-bond donors (Lipinski definition) is 0. The highest BCUT2D eigenvalue weighted by Crippen LogP contribution is 2.17. The molecule has 0 aromatic rings. The molecule has 0 aliphatic heterocycles. The molecule has 5 heteroatoms. The molecule has 0 heterocycles. The van der Waals surface area contributed by atoms with E-state index in [1.807, 2.05) is 6.92 Å². The highest BCUT2D eigenvalue weighted by Gasteiger charge is 2.30. The van der Waals surface area contributed by atoms with Crippen molar-refractivity contribution >= 4 is 5.97 Å². The van der Waals surface area contributed by atoms with Gasteiger partial charge in [0.05, 0.1) is 5.92 Å². The molecular formula is C10H17F3O2. The molecule has 0 saturated carbocycles. The van der Waals surface area contributed by atoms with E-state index in [1.54, 1.807) is 6.92 Å². The van der Waals surface area contributed by atoms with Gasteiger partial charge >= 0.3 is 12.1 Å². The van der Waals surface area contributed by atoms with E-state index < -0.39 is 24.7 Å². The van der Waals surface area contributed by atoms with Crippen LogP contribution in [0.15, 0.2) is 0 Å². The second-order valence-corrected chi connectivity index (χ2v) is 3.62. The molecular weight excluding hydrogens is 209 g/mol. The summed E-state index contributed by atoms with van der Waals surface area (Å²) in [6.07, 6.45) is -0.997. The Balaban J connectivity index is 3.70. The summed E-state index contributed by atoms with van der Waals surface area (Å²) in [5, 5.41) is 0. The Morgan fingerprint density at radius 2 is 1.93 bits per heavy atom. The van der Waals surface area contributed by atoms with Crippen LogP contribution in [0.5, 0.6) is 0 Å². The lowest BCUT2D eigenvalue weighted by atomic mass is 10.0. The zero-order valence-electron chi connectivity index (χ0n) is 9.06. The summed E-state index contributed by atoms with van der Waals surface area (Å²) in [6.45, 7) is 2.13. The Hall–Kier alpha value is -0.740. The van der Waals surface area contributed by atoms with Gasteiger partial charge in [0.2, 0.25) is 0 Å². The number of carbonyl (C=O) groups is 1. The van der Waals surface area contributed by atoms with E-state index in [0.29, 0.717) is 6.42 Å². The second-order valence-electron chi connectivity index (χ2n) is 3.62. The van der Waals surface area contributed by atoms with E-state index in [1.165, 1.54) is 0 Å². The predicted molar refractivity (Wildman–Crippen MR) is 50.3 cm³/mol. The molecule has 0 aromatic heterocycles. The van der Waals surface area contributed by atoms with Crippen molar-refractivity contribution in [3.63, 3.8) is 0 Å². The van der Waals surface area contributed by atoms with Crippen molar-refractivity contribution in [1.29, 1.82) is 0 Å². The highest BCUT2D eigenvalue weighted by molar-refractivity contribution is 5.71. The fourth-order valence-corrected chi connectivity index (χ4v) is 1.11. The molecule has 0 fully saturated rings. The van der Waals surface area contributed by atoms with Crippen LogP contribution in [0.25, 0.3) is 0 Å². The van der Waals surface area contributed by atoms with Crippen LogP contribution in [0.3, 0.4) is 0 Å². The molecule has 0 amide bonds. The SMILES string of the molecule is CCCCCC(C)C(=O)OCC(F)(F)F. The first-order chi connectivity index (χ1) is 6.87. The second kappa shape index (κ2) is 6.69.